The molecule has 5 heteroatoms. The molecule has 0 N–H and O–H groups in total. The van der Waals surface area contributed by atoms with Crippen molar-refractivity contribution >= 4 is 32.8 Å². The molecule has 1 aromatic heterocycles. The van der Waals surface area contributed by atoms with Gasteiger partial charge in [-0.05, 0) is 53.8 Å². The van der Waals surface area contributed by atoms with Gasteiger partial charge in [0.05, 0.1) is 5.75 Å². The highest BCUT2D eigenvalue weighted by Crippen LogP contribution is 2.20. The smallest absolute Gasteiger partial charge is 0.191 e. The Hall–Kier alpha value is -1.54. The molecule has 0 bridgehead atoms. The van der Waals surface area contributed by atoms with E-state index in [2.05, 4.69) is 11.8 Å². The molecule has 114 valence electrons. The van der Waals surface area contributed by atoms with Crippen LogP contribution in [0.15, 0.2) is 57.6 Å². The van der Waals surface area contributed by atoms with Crippen LogP contribution >= 0.6 is 22.9 Å². The molecule has 22 heavy (non-hydrogen) atoms. The van der Waals surface area contributed by atoms with Gasteiger partial charge in [-0.1, -0.05) is 36.4 Å². The summed E-state index contributed by atoms with van der Waals surface area (Å²) < 4.78 is 24.9. The molecular formula is C17H15ClO2S2. The first-order chi connectivity index (χ1) is 10.5. The molecule has 0 saturated heterocycles. The van der Waals surface area contributed by atoms with Crippen LogP contribution < -0.4 is 0 Å². The fraction of sp³-hybridized carbons (Fsp3) is 0.176. The van der Waals surface area contributed by atoms with Crippen LogP contribution in [0.5, 0.6) is 0 Å². The summed E-state index contributed by atoms with van der Waals surface area (Å²) in [7, 11) is -3.26. The molecule has 0 atom stereocenters. The Morgan fingerprint density at radius 1 is 1.27 bits per heavy atom. The number of thiophene rings is 1. The van der Waals surface area contributed by atoms with Crippen molar-refractivity contribution in [2.45, 2.75) is 17.6 Å². The number of hydrogen-bond donors (Lipinski definition) is 0. The maximum atomic E-state index is 12.2. The maximum Gasteiger partial charge on any atom is 0.191 e. The van der Waals surface area contributed by atoms with Crippen molar-refractivity contribution in [3.05, 3.63) is 64.0 Å². The maximum absolute atomic E-state index is 12.2. The van der Waals surface area contributed by atoms with E-state index >= 15 is 0 Å². The van der Waals surface area contributed by atoms with Crippen LogP contribution in [0, 0.1) is 11.8 Å². The molecule has 0 spiro atoms. The van der Waals surface area contributed by atoms with Crippen LogP contribution in [0.2, 0.25) is 5.02 Å². The number of hydrogen-bond acceptors (Lipinski definition) is 3. The van der Waals surface area contributed by atoms with Crippen LogP contribution in [0.1, 0.15) is 18.9 Å². The van der Waals surface area contributed by atoms with E-state index in [1.54, 1.807) is 35.7 Å². The Balaban J connectivity index is 2.14. The van der Waals surface area contributed by atoms with Gasteiger partial charge in [0, 0.05) is 10.6 Å². The fourth-order valence-electron chi connectivity index (χ4n) is 1.76. The van der Waals surface area contributed by atoms with E-state index < -0.39 is 9.84 Å². The molecule has 0 aliphatic carbocycles. The van der Waals surface area contributed by atoms with Gasteiger partial charge in [0.2, 0.25) is 0 Å². The molecule has 0 saturated carbocycles. The lowest BCUT2D eigenvalue weighted by molar-refractivity contribution is 0.599. The number of halogens is 1. The van der Waals surface area contributed by atoms with Crippen LogP contribution in [-0.2, 0) is 9.84 Å². The third kappa shape index (κ3) is 4.74. The Bertz CT molecular complexity index is 806. The Labute approximate surface area is 140 Å². The van der Waals surface area contributed by atoms with Crippen LogP contribution in [0.4, 0.5) is 0 Å². The van der Waals surface area contributed by atoms with Crippen molar-refractivity contribution in [3.63, 3.8) is 0 Å². The summed E-state index contributed by atoms with van der Waals surface area (Å²) >= 11 is 7.05. The minimum Gasteiger partial charge on any atom is -0.223 e. The van der Waals surface area contributed by atoms with Gasteiger partial charge in [-0.15, -0.1) is 11.3 Å². The van der Waals surface area contributed by atoms with Gasteiger partial charge in [-0.3, -0.25) is 0 Å². The SMILES string of the molecule is CC/C(=C/C#Cc1ccc(Cl)cc1)CS(=O)(=O)c1cccs1. The largest absolute Gasteiger partial charge is 0.223 e. The van der Waals surface area contributed by atoms with Crippen molar-refractivity contribution in [3.8, 4) is 11.8 Å². The summed E-state index contributed by atoms with van der Waals surface area (Å²) in [6.45, 7) is 1.93. The molecule has 1 heterocycles. The summed E-state index contributed by atoms with van der Waals surface area (Å²) in [4.78, 5) is 0. The van der Waals surface area contributed by atoms with E-state index in [9.17, 15) is 8.42 Å². The van der Waals surface area contributed by atoms with Gasteiger partial charge in [-0.2, -0.15) is 0 Å². The van der Waals surface area contributed by atoms with Crippen molar-refractivity contribution in [2.75, 3.05) is 5.75 Å². The van der Waals surface area contributed by atoms with Gasteiger partial charge in [0.15, 0.2) is 9.84 Å². The molecule has 0 amide bonds. The second-order valence-electron chi connectivity index (χ2n) is 4.62. The summed E-state index contributed by atoms with van der Waals surface area (Å²) in [6.07, 6.45) is 2.35. The van der Waals surface area contributed by atoms with E-state index in [1.165, 1.54) is 11.3 Å². The predicted octanol–water partition coefficient (Wildman–Crippen LogP) is 4.56. The van der Waals surface area contributed by atoms with Crippen LogP contribution in [-0.4, -0.2) is 14.2 Å². The van der Waals surface area contributed by atoms with Gasteiger partial charge < -0.3 is 0 Å². The normalized spacial score (nSPS) is 11.8. The van der Waals surface area contributed by atoms with Crippen molar-refractivity contribution < 1.29 is 8.42 Å². The lowest BCUT2D eigenvalue weighted by Gasteiger charge is -2.03. The summed E-state index contributed by atoms with van der Waals surface area (Å²) in [5.41, 5.74) is 1.65. The van der Waals surface area contributed by atoms with Gasteiger partial charge in [0.1, 0.15) is 4.21 Å². The van der Waals surface area contributed by atoms with Crippen LogP contribution in [0.3, 0.4) is 0 Å². The topological polar surface area (TPSA) is 34.1 Å². The van der Waals surface area contributed by atoms with Crippen LogP contribution in [0.25, 0.3) is 0 Å². The molecule has 2 rings (SSSR count). The van der Waals surface area contributed by atoms with Gasteiger partial charge >= 0.3 is 0 Å². The number of rotatable bonds is 4. The number of sulfone groups is 1. The van der Waals surface area contributed by atoms with E-state index in [1.807, 2.05) is 19.1 Å². The summed E-state index contributed by atoms with van der Waals surface area (Å²) in [5, 5.41) is 2.43. The lowest BCUT2D eigenvalue weighted by Crippen LogP contribution is -2.07. The third-order valence-electron chi connectivity index (χ3n) is 2.97. The average molecular weight is 351 g/mol. The second kappa shape index (κ2) is 7.64. The summed E-state index contributed by atoms with van der Waals surface area (Å²) in [5.74, 6) is 5.92. The first-order valence-electron chi connectivity index (χ1n) is 6.72. The highest BCUT2D eigenvalue weighted by atomic mass is 35.5. The molecule has 0 fully saturated rings. The highest BCUT2D eigenvalue weighted by Gasteiger charge is 2.16. The third-order valence-corrected chi connectivity index (χ3v) is 6.43. The molecule has 2 aromatic rings. The van der Waals surface area contributed by atoms with Gasteiger partial charge in [0.25, 0.3) is 0 Å². The predicted molar refractivity (Wildman–Crippen MR) is 93.1 cm³/mol. The monoisotopic (exact) mass is 350 g/mol. The van der Waals surface area contributed by atoms with E-state index in [0.717, 1.165) is 11.1 Å². The summed E-state index contributed by atoms with van der Waals surface area (Å²) in [6, 6.07) is 10.6. The van der Waals surface area contributed by atoms with E-state index in [0.29, 0.717) is 15.7 Å². The highest BCUT2D eigenvalue weighted by molar-refractivity contribution is 7.93. The van der Waals surface area contributed by atoms with Crippen molar-refractivity contribution in [1.29, 1.82) is 0 Å². The minimum absolute atomic E-state index is 0.0132. The number of benzene rings is 1. The Morgan fingerprint density at radius 3 is 2.59 bits per heavy atom. The second-order valence-corrected chi connectivity index (χ2v) is 8.22. The zero-order valence-electron chi connectivity index (χ0n) is 12.0. The lowest BCUT2D eigenvalue weighted by atomic mass is 10.2. The molecule has 0 aliphatic heterocycles. The standard InChI is InChI=1S/C17H15ClO2S2/c1-2-14(13-22(19,20)17-7-4-12-21-17)5-3-6-15-8-10-16(18)11-9-15/h4-5,7-12H,2,13H2,1H3/b14-5-. The molecule has 1 aromatic carbocycles. The molecule has 0 unspecified atom stereocenters. The molecule has 2 nitrogen and oxygen atoms in total. The Morgan fingerprint density at radius 2 is 2.00 bits per heavy atom. The number of allylic oxidation sites excluding steroid dienone is 1. The molecular weight excluding hydrogens is 336 g/mol. The van der Waals surface area contributed by atoms with E-state index in [4.69, 9.17) is 11.6 Å². The zero-order chi connectivity index (χ0) is 16.0. The molecule has 0 aliphatic rings. The zero-order valence-corrected chi connectivity index (χ0v) is 14.4. The fourth-order valence-corrected chi connectivity index (χ4v) is 4.46. The van der Waals surface area contributed by atoms with Gasteiger partial charge in [-0.25, -0.2) is 8.42 Å². The van der Waals surface area contributed by atoms with Crippen molar-refractivity contribution in [2.24, 2.45) is 0 Å². The quantitative estimate of drug-likeness (QED) is 0.757. The average Bonchev–Trinajstić information content (AvgIpc) is 3.03. The first kappa shape index (κ1) is 16.8. The van der Waals surface area contributed by atoms with E-state index in [-0.39, 0.29) is 5.75 Å². The van der Waals surface area contributed by atoms with Crippen molar-refractivity contribution in [1.82, 2.24) is 0 Å². The Kier molecular flexibility index (Phi) is 5.84. The first-order valence-corrected chi connectivity index (χ1v) is 9.63. The minimum atomic E-state index is -3.26. The molecule has 0 radical (unpaired) electrons.